The molecular formula is C21H31BrN2. The molecule has 0 radical (unpaired) electrons. The first kappa shape index (κ1) is 19.1. The fourth-order valence-electron chi connectivity index (χ4n) is 3.41. The molecule has 0 spiro atoms. The number of aromatic nitrogens is 1. The summed E-state index contributed by atoms with van der Waals surface area (Å²) in [5, 5.41) is 3.76. The Labute approximate surface area is 155 Å². The standard InChI is InChI=1S/C21H31BrN2/c1-6-8-21(24-17-11-15(5)23-13-17)18(7-2)19-10-9-16(14(3)4)12-20(19)22/h9-14,18,21,23-24H,6-8H2,1-5H3. The van der Waals surface area contributed by atoms with Crippen LogP contribution in [0.4, 0.5) is 5.69 Å². The Hall–Kier alpha value is -1.22. The lowest BCUT2D eigenvalue weighted by atomic mass is 9.85. The molecule has 1 aromatic carbocycles. The van der Waals surface area contributed by atoms with E-state index in [1.165, 1.54) is 39.8 Å². The molecule has 2 aromatic rings. The molecule has 24 heavy (non-hydrogen) atoms. The average molecular weight is 391 g/mol. The van der Waals surface area contributed by atoms with Gasteiger partial charge in [-0.2, -0.15) is 0 Å². The van der Waals surface area contributed by atoms with Gasteiger partial charge in [-0.05, 0) is 48.9 Å². The Balaban J connectivity index is 2.28. The van der Waals surface area contributed by atoms with Gasteiger partial charge in [0.1, 0.15) is 0 Å². The molecule has 1 heterocycles. The third-order valence-corrected chi connectivity index (χ3v) is 5.48. The number of hydrogen-bond acceptors (Lipinski definition) is 1. The number of H-pyrrole nitrogens is 1. The summed E-state index contributed by atoms with van der Waals surface area (Å²) in [6, 6.07) is 9.53. The number of nitrogens with one attached hydrogen (secondary N) is 2. The van der Waals surface area contributed by atoms with Crippen molar-refractivity contribution < 1.29 is 0 Å². The van der Waals surface area contributed by atoms with Gasteiger partial charge in [0.2, 0.25) is 0 Å². The lowest BCUT2D eigenvalue weighted by Crippen LogP contribution is -2.27. The molecule has 0 saturated carbocycles. The fraction of sp³-hybridized carbons (Fsp3) is 0.524. The van der Waals surface area contributed by atoms with Gasteiger partial charge in [0, 0.05) is 28.3 Å². The highest BCUT2D eigenvalue weighted by molar-refractivity contribution is 9.10. The fourth-order valence-corrected chi connectivity index (χ4v) is 4.11. The van der Waals surface area contributed by atoms with Gasteiger partial charge in [-0.25, -0.2) is 0 Å². The third-order valence-electron chi connectivity index (χ3n) is 4.80. The van der Waals surface area contributed by atoms with Crippen molar-refractivity contribution >= 4 is 21.6 Å². The van der Waals surface area contributed by atoms with Crippen molar-refractivity contribution in [2.75, 3.05) is 5.32 Å². The minimum atomic E-state index is 0.441. The molecule has 2 atom stereocenters. The Morgan fingerprint density at radius 3 is 2.42 bits per heavy atom. The number of hydrogen-bond donors (Lipinski definition) is 2. The minimum Gasteiger partial charge on any atom is -0.380 e. The second kappa shape index (κ2) is 8.75. The zero-order chi connectivity index (χ0) is 17.7. The van der Waals surface area contributed by atoms with Gasteiger partial charge in [-0.15, -0.1) is 0 Å². The van der Waals surface area contributed by atoms with Crippen molar-refractivity contribution in [2.45, 2.75) is 71.8 Å². The lowest BCUT2D eigenvalue weighted by molar-refractivity contribution is 0.510. The van der Waals surface area contributed by atoms with Crippen LogP contribution in [0.1, 0.15) is 75.6 Å². The van der Waals surface area contributed by atoms with Gasteiger partial charge in [0.05, 0.1) is 5.69 Å². The van der Waals surface area contributed by atoms with Gasteiger partial charge in [0.15, 0.2) is 0 Å². The van der Waals surface area contributed by atoms with Crippen LogP contribution in [0.5, 0.6) is 0 Å². The number of benzene rings is 1. The van der Waals surface area contributed by atoms with Crippen LogP contribution in [0.15, 0.2) is 34.9 Å². The van der Waals surface area contributed by atoms with Gasteiger partial charge in [-0.3, -0.25) is 0 Å². The van der Waals surface area contributed by atoms with Crippen LogP contribution >= 0.6 is 15.9 Å². The van der Waals surface area contributed by atoms with E-state index in [1.807, 2.05) is 0 Å². The highest BCUT2D eigenvalue weighted by atomic mass is 79.9. The Kier molecular flexibility index (Phi) is 6.97. The maximum absolute atomic E-state index is 3.83. The first-order chi connectivity index (χ1) is 11.5. The monoisotopic (exact) mass is 390 g/mol. The van der Waals surface area contributed by atoms with E-state index in [9.17, 15) is 0 Å². The zero-order valence-electron chi connectivity index (χ0n) is 15.6. The molecule has 2 N–H and O–H groups in total. The predicted octanol–water partition coefficient (Wildman–Crippen LogP) is 6.98. The molecule has 0 bridgehead atoms. The van der Waals surface area contributed by atoms with E-state index in [2.05, 4.69) is 91.3 Å². The first-order valence-corrected chi connectivity index (χ1v) is 9.96. The highest BCUT2D eigenvalue weighted by Crippen LogP contribution is 2.35. The molecule has 2 rings (SSSR count). The van der Waals surface area contributed by atoms with Crippen LogP contribution in [0.3, 0.4) is 0 Å². The largest absolute Gasteiger partial charge is 0.380 e. The van der Waals surface area contributed by atoms with Crippen LogP contribution < -0.4 is 5.32 Å². The quantitative estimate of drug-likeness (QED) is 0.499. The summed E-state index contributed by atoms with van der Waals surface area (Å²) in [5.41, 5.74) is 5.20. The summed E-state index contributed by atoms with van der Waals surface area (Å²) in [6.45, 7) is 11.1. The zero-order valence-corrected chi connectivity index (χ0v) is 17.2. The summed E-state index contributed by atoms with van der Waals surface area (Å²) in [7, 11) is 0. The third kappa shape index (κ3) is 4.66. The summed E-state index contributed by atoms with van der Waals surface area (Å²) < 4.78 is 1.24. The smallest absolute Gasteiger partial charge is 0.0522 e. The first-order valence-electron chi connectivity index (χ1n) is 9.17. The molecule has 0 saturated heterocycles. The van der Waals surface area contributed by atoms with E-state index in [4.69, 9.17) is 0 Å². The summed E-state index contributed by atoms with van der Waals surface area (Å²) in [4.78, 5) is 3.27. The second-order valence-electron chi connectivity index (χ2n) is 7.06. The van der Waals surface area contributed by atoms with Crippen LogP contribution in [-0.4, -0.2) is 11.0 Å². The molecule has 2 nitrogen and oxygen atoms in total. The molecule has 0 aliphatic heterocycles. The van der Waals surface area contributed by atoms with Crippen LogP contribution in [0, 0.1) is 6.92 Å². The van der Waals surface area contributed by atoms with Gasteiger partial charge in [0.25, 0.3) is 0 Å². The van der Waals surface area contributed by atoms with Crippen LogP contribution in [-0.2, 0) is 0 Å². The summed E-state index contributed by atoms with van der Waals surface area (Å²) in [5.74, 6) is 1.05. The predicted molar refractivity (Wildman–Crippen MR) is 109 cm³/mol. The Morgan fingerprint density at radius 2 is 1.92 bits per heavy atom. The molecule has 132 valence electrons. The molecule has 0 aliphatic rings. The normalized spacial score (nSPS) is 14.0. The summed E-state index contributed by atoms with van der Waals surface area (Å²) in [6.07, 6.45) is 5.54. The minimum absolute atomic E-state index is 0.441. The van der Waals surface area contributed by atoms with Crippen molar-refractivity contribution in [1.82, 2.24) is 4.98 Å². The molecule has 0 amide bonds. The van der Waals surface area contributed by atoms with E-state index >= 15 is 0 Å². The molecule has 0 aliphatic carbocycles. The van der Waals surface area contributed by atoms with Gasteiger partial charge in [-0.1, -0.05) is 62.2 Å². The number of aryl methyl sites for hydroxylation is 1. The topological polar surface area (TPSA) is 27.8 Å². The Morgan fingerprint density at radius 1 is 1.17 bits per heavy atom. The maximum Gasteiger partial charge on any atom is 0.0522 e. The van der Waals surface area contributed by atoms with Crippen molar-refractivity contribution in [3.05, 3.63) is 51.8 Å². The van der Waals surface area contributed by atoms with Crippen LogP contribution in [0.25, 0.3) is 0 Å². The number of rotatable bonds is 8. The summed E-state index contributed by atoms with van der Waals surface area (Å²) >= 11 is 3.83. The lowest BCUT2D eigenvalue weighted by Gasteiger charge is -2.29. The Bertz CT molecular complexity index is 645. The molecule has 0 fully saturated rings. The van der Waals surface area contributed by atoms with Gasteiger partial charge >= 0.3 is 0 Å². The van der Waals surface area contributed by atoms with Crippen molar-refractivity contribution in [1.29, 1.82) is 0 Å². The molecule has 3 heteroatoms. The number of aromatic amines is 1. The van der Waals surface area contributed by atoms with Crippen molar-refractivity contribution in [3.63, 3.8) is 0 Å². The van der Waals surface area contributed by atoms with Crippen LogP contribution in [0.2, 0.25) is 0 Å². The molecular weight excluding hydrogens is 360 g/mol. The van der Waals surface area contributed by atoms with E-state index < -0.39 is 0 Å². The van der Waals surface area contributed by atoms with E-state index in [1.54, 1.807) is 0 Å². The highest BCUT2D eigenvalue weighted by Gasteiger charge is 2.23. The van der Waals surface area contributed by atoms with Crippen molar-refractivity contribution in [3.8, 4) is 0 Å². The number of anilines is 1. The van der Waals surface area contributed by atoms with Crippen molar-refractivity contribution in [2.24, 2.45) is 0 Å². The molecule has 1 aromatic heterocycles. The maximum atomic E-state index is 3.83. The SMILES string of the molecule is CCCC(Nc1c[nH]c(C)c1)C(CC)c1ccc(C(C)C)cc1Br. The van der Waals surface area contributed by atoms with E-state index in [0.717, 1.165) is 6.42 Å². The second-order valence-corrected chi connectivity index (χ2v) is 7.92. The van der Waals surface area contributed by atoms with E-state index in [0.29, 0.717) is 17.9 Å². The average Bonchev–Trinajstić information content (AvgIpc) is 2.94. The molecule has 2 unspecified atom stereocenters. The number of halogens is 1. The van der Waals surface area contributed by atoms with Gasteiger partial charge < -0.3 is 10.3 Å². The van der Waals surface area contributed by atoms with E-state index in [-0.39, 0.29) is 0 Å².